The third kappa shape index (κ3) is 3.29. The highest BCUT2D eigenvalue weighted by atomic mass is 16.5. The summed E-state index contributed by atoms with van der Waals surface area (Å²) >= 11 is 0. The second-order valence-electron chi connectivity index (χ2n) is 5.33. The molecule has 1 aliphatic heterocycles. The molecule has 0 unspecified atom stereocenters. The van der Waals surface area contributed by atoms with Gasteiger partial charge < -0.3 is 15.4 Å². The molecule has 0 spiro atoms. The highest BCUT2D eigenvalue weighted by Crippen LogP contribution is 2.27. The van der Waals surface area contributed by atoms with Crippen molar-refractivity contribution < 1.29 is 14.3 Å². The van der Waals surface area contributed by atoms with Gasteiger partial charge in [-0.1, -0.05) is 13.8 Å². The fourth-order valence-electron chi connectivity index (χ4n) is 2.24. The highest BCUT2D eigenvalue weighted by molar-refractivity contribution is 5.97. The van der Waals surface area contributed by atoms with Crippen molar-refractivity contribution in [1.82, 2.24) is 5.32 Å². The summed E-state index contributed by atoms with van der Waals surface area (Å²) in [5.41, 5.74) is 1.83. The van der Waals surface area contributed by atoms with Crippen molar-refractivity contribution >= 4 is 17.5 Å². The molecule has 1 heterocycles. The molecular formula is C15H20N2O3. The maximum Gasteiger partial charge on any atom is 0.247 e. The maximum atomic E-state index is 12.2. The van der Waals surface area contributed by atoms with Crippen LogP contribution in [0, 0.1) is 5.92 Å². The zero-order valence-electron chi connectivity index (χ0n) is 12.0. The van der Waals surface area contributed by atoms with E-state index in [2.05, 4.69) is 10.6 Å². The topological polar surface area (TPSA) is 67.4 Å². The van der Waals surface area contributed by atoms with Crippen molar-refractivity contribution in [2.45, 2.75) is 33.2 Å². The molecule has 1 aromatic rings. The highest BCUT2D eigenvalue weighted by Gasteiger charge is 2.23. The van der Waals surface area contributed by atoms with Crippen LogP contribution in [0.2, 0.25) is 0 Å². The lowest BCUT2D eigenvalue weighted by Gasteiger charge is -2.21. The van der Waals surface area contributed by atoms with E-state index in [4.69, 9.17) is 4.74 Å². The Morgan fingerprint density at radius 1 is 1.30 bits per heavy atom. The fourth-order valence-corrected chi connectivity index (χ4v) is 2.24. The Kier molecular flexibility index (Phi) is 4.27. The van der Waals surface area contributed by atoms with E-state index in [0.29, 0.717) is 6.61 Å². The van der Waals surface area contributed by atoms with E-state index in [1.54, 1.807) is 0 Å². The second-order valence-corrected chi connectivity index (χ2v) is 5.33. The molecule has 0 saturated heterocycles. The lowest BCUT2D eigenvalue weighted by molar-refractivity contribution is -0.126. The minimum Gasteiger partial charge on any atom is -0.493 e. The van der Waals surface area contributed by atoms with Gasteiger partial charge in [0.25, 0.3) is 0 Å². The number of hydrogen-bond donors (Lipinski definition) is 2. The van der Waals surface area contributed by atoms with Crippen molar-refractivity contribution in [3.63, 3.8) is 0 Å². The quantitative estimate of drug-likeness (QED) is 0.880. The van der Waals surface area contributed by atoms with Crippen LogP contribution in [-0.4, -0.2) is 24.5 Å². The summed E-state index contributed by atoms with van der Waals surface area (Å²) in [5.74, 6) is 0.497. The molecule has 2 amide bonds. The summed E-state index contributed by atoms with van der Waals surface area (Å²) in [6.45, 7) is 5.90. The van der Waals surface area contributed by atoms with Crippen molar-refractivity contribution in [2.75, 3.05) is 11.9 Å². The average Bonchev–Trinajstić information content (AvgIpc) is 2.82. The maximum absolute atomic E-state index is 12.2. The van der Waals surface area contributed by atoms with Gasteiger partial charge in [-0.2, -0.15) is 0 Å². The average molecular weight is 276 g/mol. The molecular weight excluding hydrogens is 256 g/mol. The van der Waals surface area contributed by atoms with Gasteiger partial charge in [0.2, 0.25) is 11.8 Å². The SMILES string of the molecule is CC(=O)N[C@@H](C(=O)Nc1ccc2c(c1)CCO2)C(C)C. The van der Waals surface area contributed by atoms with Gasteiger partial charge in [0.05, 0.1) is 6.61 Å². The van der Waals surface area contributed by atoms with Crippen LogP contribution in [0.4, 0.5) is 5.69 Å². The number of carbonyl (C=O) groups excluding carboxylic acids is 2. The first-order valence-electron chi connectivity index (χ1n) is 6.81. The molecule has 0 aromatic heterocycles. The normalized spacial score (nSPS) is 14.4. The monoisotopic (exact) mass is 276 g/mol. The molecule has 0 saturated carbocycles. The van der Waals surface area contributed by atoms with Gasteiger partial charge in [-0.05, 0) is 29.7 Å². The van der Waals surface area contributed by atoms with Crippen molar-refractivity contribution in [3.8, 4) is 5.75 Å². The molecule has 0 bridgehead atoms. The molecule has 1 aromatic carbocycles. The third-order valence-corrected chi connectivity index (χ3v) is 3.26. The largest absolute Gasteiger partial charge is 0.493 e. The molecule has 1 atom stereocenters. The van der Waals surface area contributed by atoms with E-state index in [1.807, 2.05) is 32.0 Å². The number of amides is 2. The third-order valence-electron chi connectivity index (χ3n) is 3.26. The number of hydrogen-bond acceptors (Lipinski definition) is 3. The second kappa shape index (κ2) is 5.94. The Hall–Kier alpha value is -2.04. The van der Waals surface area contributed by atoms with Gasteiger partial charge in [-0.3, -0.25) is 9.59 Å². The number of carbonyl (C=O) groups is 2. The predicted octanol–water partition coefficient (Wildman–Crippen LogP) is 1.72. The Labute approximate surface area is 118 Å². The first-order chi connectivity index (χ1) is 9.47. The summed E-state index contributed by atoms with van der Waals surface area (Å²) in [4.78, 5) is 23.4. The molecule has 0 radical (unpaired) electrons. The van der Waals surface area contributed by atoms with Crippen LogP contribution in [-0.2, 0) is 16.0 Å². The van der Waals surface area contributed by atoms with E-state index in [1.165, 1.54) is 6.92 Å². The molecule has 2 rings (SSSR count). The Balaban J connectivity index is 2.07. The summed E-state index contributed by atoms with van der Waals surface area (Å²) < 4.78 is 5.43. The summed E-state index contributed by atoms with van der Waals surface area (Å²) in [5, 5.41) is 5.53. The first-order valence-corrected chi connectivity index (χ1v) is 6.81. The van der Waals surface area contributed by atoms with E-state index in [0.717, 1.165) is 23.4 Å². The number of rotatable bonds is 4. The van der Waals surface area contributed by atoms with Gasteiger partial charge in [0.1, 0.15) is 11.8 Å². The Bertz CT molecular complexity index is 526. The summed E-state index contributed by atoms with van der Waals surface area (Å²) in [6, 6.07) is 5.07. The van der Waals surface area contributed by atoms with E-state index in [9.17, 15) is 9.59 Å². The standard InChI is InChI=1S/C15H20N2O3/c1-9(2)14(16-10(3)18)15(19)17-12-4-5-13-11(8-12)6-7-20-13/h4-5,8-9,14H,6-7H2,1-3H3,(H,16,18)(H,17,19)/t14-/m1/s1. The van der Waals surface area contributed by atoms with E-state index < -0.39 is 6.04 Å². The van der Waals surface area contributed by atoms with Crippen LogP contribution >= 0.6 is 0 Å². The zero-order chi connectivity index (χ0) is 14.7. The van der Waals surface area contributed by atoms with Crippen molar-refractivity contribution in [1.29, 1.82) is 0 Å². The Morgan fingerprint density at radius 2 is 2.05 bits per heavy atom. The van der Waals surface area contributed by atoms with Crippen LogP contribution < -0.4 is 15.4 Å². The molecule has 20 heavy (non-hydrogen) atoms. The van der Waals surface area contributed by atoms with Crippen LogP contribution in [0.5, 0.6) is 5.75 Å². The van der Waals surface area contributed by atoms with Crippen LogP contribution in [0.15, 0.2) is 18.2 Å². The number of ether oxygens (including phenoxy) is 1. The molecule has 108 valence electrons. The molecule has 5 heteroatoms. The van der Waals surface area contributed by atoms with Crippen LogP contribution in [0.25, 0.3) is 0 Å². The van der Waals surface area contributed by atoms with Crippen LogP contribution in [0.1, 0.15) is 26.3 Å². The zero-order valence-corrected chi connectivity index (χ0v) is 12.0. The van der Waals surface area contributed by atoms with Gasteiger partial charge in [0.15, 0.2) is 0 Å². The van der Waals surface area contributed by atoms with E-state index >= 15 is 0 Å². The molecule has 5 nitrogen and oxygen atoms in total. The summed E-state index contributed by atoms with van der Waals surface area (Å²) in [6.07, 6.45) is 0.859. The fraction of sp³-hybridized carbons (Fsp3) is 0.467. The number of nitrogens with one attached hydrogen (secondary N) is 2. The van der Waals surface area contributed by atoms with Gasteiger partial charge in [0, 0.05) is 19.0 Å². The lowest BCUT2D eigenvalue weighted by atomic mass is 10.0. The van der Waals surface area contributed by atoms with Crippen molar-refractivity contribution in [3.05, 3.63) is 23.8 Å². The van der Waals surface area contributed by atoms with E-state index in [-0.39, 0.29) is 17.7 Å². The smallest absolute Gasteiger partial charge is 0.247 e. The van der Waals surface area contributed by atoms with Gasteiger partial charge >= 0.3 is 0 Å². The minimum absolute atomic E-state index is 0.0247. The predicted molar refractivity (Wildman–Crippen MR) is 76.7 cm³/mol. The van der Waals surface area contributed by atoms with Gasteiger partial charge in [-0.15, -0.1) is 0 Å². The Morgan fingerprint density at radius 3 is 2.70 bits per heavy atom. The number of benzene rings is 1. The summed E-state index contributed by atoms with van der Waals surface area (Å²) in [7, 11) is 0. The number of anilines is 1. The molecule has 1 aliphatic rings. The number of fused-ring (bicyclic) bond motifs is 1. The molecule has 0 fully saturated rings. The van der Waals surface area contributed by atoms with Crippen LogP contribution in [0.3, 0.4) is 0 Å². The van der Waals surface area contributed by atoms with Crippen molar-refractivity contribution in [2.24, 2.45) is 5.92 Å². The molecule has 0 aliphatic carbocycles. The molecule has 2 N–H and O–H groups in total. The minimum atomic E-state index is -0.531. The van der Waals surface area contributed by atoms with Gasteiger partial charge in [-0.25, -0.2) is 0 Å². The first kappa shape index (κ1) is 14.4. The lowest BCUT2D eigenvalue weighted by Crippen LogP contribution is -2.46.